The molecule has 0 aliphatic carbocycles. The average Bonchev–Trinajstić information content (AvgIpc) is 2.42. The first kappa shape index (κ1) is 14.6. The van der Waals surface area contributed by atoms with E-state index in [1.165, 1.54) is 0 Å². The molecule has 0 aromatic heterocycles. The minimum absolute atomic E-state index is 0.230. The Morgan fingerprint density at radius 1 is 1.33 bits per heavy atom. The lowest BCUT2D eigenvalue weighted by atomic mass is 10.1. The molecule has 100 valence electrons. The van der Waals surface area contributed by atoms with Crippen molar-refractivity contribution in [2.24, 2.45) is 0 Å². The van der Waals surface area contributed by atoms with Gasteiger partial charge in [-0.05, 0) is 18.9 Å². The number of nitrogens with zero attached hydrogens (tertiary/aromatic N) is 1. The summed E-state index contributed by atoms with van der Waals surface area (Å²) < 4.78 is 5.28. The summed E-state index contributed by atoms with van der Waals surface area (Å²) in [7, 11) is 1.80. The number of hydrogen-bond acceptors (Lipinski definition) is 2. The molecule has 0 heterocycles. The summed E-state index contributed by atoms with van der Waals surface area (Å²) >= 11 is 0. The van der Waals surface area contributed by atoms with Crippen LogP contribution in [0.2, 0.25) is 0 Å². The molecule has 3 heteroatoms. The summed E-state index contributed by atoms with van der Waals surface area (Å²) in [5, 5.41) is 0. The highest BCUT2D eigenvalue weighted by molar-refractivity contribution is 5.67. The molecular weight excluding hydrogens is 226 g/mol. The molecule has 0 fully saturated rings. The maximum Gasteiger partial charge on any atom is 0.410 e. The van der Waals surface area contributed by atoms with Crippen molar-refractivity contribution in [3.63, 3.8) is 0 Å². The molecule has 0 saturated carbocycles. The van der Waals surface area contributed by atoms with E-state index in [9.17, 15) is 4.79 Å². The van der Waals surface area contributed by atoms with Crippen LogP contribution in [0.3, 0.4) is 0 Å². The second kappa shape index (κ2) is 7.75. The average molecular weight is 249 g/mol. The number of benzene rings is 1. The highest BCUT2D eigenvalue weighted by Crippen LogP contribution is 2.09. The van der Waals surface area contributed by atoms with E-state index in [1.807, 2.05) is 30.3 Å². The first-order valence-corrected chi connectivity index (χ1v) is 6.58. The van der Waals surface area contributed by atoms with Crippen LogP contribution in [-0.2, 0) is 11.3 Å². The Morgan fingerprint density at radius 2 is 2.00 bits per heavy atom. The van der Waals surface area contributed by atoms with Crippen LogP contribution < -0.4 is 0 Å². The first-order chi connectivity index (χ1) is 8.65. The lowest BCUT2D eigenvalue weighted by molar-refractivity contribution is 0.0918. The minimum atomic E-state index is -0.248. The minimum Gasteiger partial charge on any atom is -0.445 e. The zero-order chi connectivity index (χ0) is 13.4. The van der Waals surface area contributed by atoms with E-state index in [0.29, 0.717) is 6.61 Å². The van der Waals surface area contributed by atoms with Gasteiger partial charge in [-0.3, -0.25) is 0 Å². The van der Waals surface area contributed by atoms with Crippen molar-refractivity contribution in [2.75, 3.05) is 7.05 Å². The Balaban J connectivity index is 2.36. The molecule has 0 aliphatic heterocycles. The number of carbonyl (C=O) groups excluding carboxylic acids is 1. The predicted octanol–water partition coefficient (Wildman–Crippen LogP) is 3.83. The largest absolute Gasteiger partial charge is 0.445 e. The van der Waals surface area contributed by atoms with Gasteiger partial charge < -0.3 is 9.64 Å². The van der Waals surface area contributed by atoms with Crippen LogP contribution in [0.25, 0.3) is 0 Å². The molecular formula is C15H23NO2. The topological polar surface area (TPSA) is 29.5 Å². The van der Waals surface area contributed by atoms with Crippen LogP contribution in [0.1, 0.15) is 38.7 Å². The summed E-state index contributed by atoms with van der Waals surface area (Å²) in [6, 6.07) is 9.97. The third-order valence-corrected chi connectivity index (χ3v) is 3.13. The maximum atomic E-state index is 11.8. The fourth-order valence-corrected chi connectivity index (χ4v) is 1.69. The smallest absolute Gasteiger partial charge is 0.410 e. The van der Waals surface area contributed by atoms with Gasteiger partial charge in [0.25, 0.3) is 0 Å². The van der Waals surface area contributed by atoms with Gasteiger partial charge in [0.2, 0.25) is 0 Å². The van der Waals surface area contributed by atoms with E-state index in [-0.39, 0.29) is 12.1 Å². The van der Waals surface area contributed by atoms with Crippen LogP contribution >= 0.6 is 0 Å². The third-order valence-electron chi connectivity index (χ3n) is 3.13. The van der Waals surface area contributed by atoms with Gasteiger partial charge in [0.05, 0.1) is 0 Å². The van der Waals surface area contributed by atoms with Crippen molar-refractivity contribution in [1.82, 2.24) is 4.90 Å². The zero-order valence-corrected chi connectivity index (χ0v) is 11.6. The number of rotatable bonds is 6. The van der Waals surface area contributed by atoms with Gasteiger partial charge >= 0.3 is 6.09 Å². The van der Waals surface area contributed by atoms with Crippen LogP contribution in [0.5, 0.6) is 0 Å². The predicted molar refractivity (Wildman–Crippen MR) is 73.4 cm³/mol. The number of carbonyl (C=O) groups is 1. The second-order valence-corrected chi connectivity index (χ2v) is 4.64. The Morgan fingerprint density at radius 3 is 2.61 bits per heavy atom. The molecule has 1 atom stereocenters. The number of amides is 1. The van der Waals surface area contributed by atoms with Gasteiger partial charge in [-0.1, -0.05) is 50.1 Å². The van der Waals surface area contributed by atoms with E-state index in [0.717, 1.165) is 24.8 Å². The van der Waals surface area contributed by atoms with E-state index in [1.54, 1.807) is 11.9 Å². The van der Waals surface area contributed by atoms with E-state index in [4.69, 9.17) is 4.74 Å². The lowest BCUT2D eigenvalue weighted by Gasteiger charge is -2.24. The first-order valence-electron chi connectivity index (χ1n) is 6.58. The fraction of sp³-hybridized carbons (Fsp3) is 0.533. The van der Waals surface area contributed by atoms with E-state index >= 15 is 0 Å². The Kier molecular flexibility index (Phi) is 6.26. The van der Waals surface area contributed by atoms with E-state index < -0.39 is 0 Å². The zero-order valence-electron chi connectivity index (χ0n) is 11.6. The molecule has 1 unspecified atom stereocenters. The van der Waals surface area contributed by atoms with E-state index in [2.05, 4.69) is 13.8 Å². The third kappa shape index (κ3) is 4.78. The molecule has 0 radical (unpaired) electrons. The Hall–Kier alpha value is -1.51. The highest BCUT2D eigenvalue weighted by Gasteiger charge is 2.16. The van der Waals surface area contributed by atoms with Crippen LogP contribution in [-0.4, -0.2) is 24.1 Å². The van der Waals surface area contributed by atoms with Crippen molar-refractivity contribution in [2.45, 2.75) is 45.8 Å². The molecule has 0 saturated heterocycles. The van der Waals surface area contributed by atoms with Crippen molar-refractivity contribution in [3.05, 3.63) is 35.9 Å². The van der Waals surface area contributed by atoms with Crippen molar-refractivity contribution in [1.29, 1.82) is 0 Å². The van der Waals surface area contributed by atoms with Gasteiger partial charge in [0.1, 0.15) is 6.61 Å². The number of hydrogen-bond donors (Lipinski definition) is 0. The van der Waals surface area contributed by atoms with Crippen molar-refractivity contribution < 1.29 is 9.53 Å². The van der Waals surface area contributed by atoms with Gasteiger partial charge in [0.15, 0.2) is 0 Å². The summed E-state index contributed by atoms with van der Waals surface area (Å²) in [6.45, 7) is 4.55. The van der Waals surface area contributed by atoms with Gasteiger partial charge in [-0.15, -0.1) is 0 Å². The van der Waals surface area contributed by atoms with Gasteiger partial charge in [-0.25, -0.2) is 4.79 Å². The molecule has 0 spiro atoms. The van der Waals surface area contributed by atoms with Crippen LogP contribution in [0.4, 0.5) is 4.79 Å². The highest BCUT2D eigenvalue weighted by atomic mass is 16.6. The molecule has 1 aromatic carbocycles. The van der Waals surface area contributed by atoms with Crippen molar-refractivity contribution >= 4 is 6.09 Å². The van der Waals surface area contributed by atoms with Crippen LogP contribution in [0.15, 0.2) is 30.3 Å². The summed E-state index contributed by atoms with van der Waals surface area (Å²) in [5.41, 5.74) is 1.01. The summed E-state index contributed by atoms with van der Waals surface area (Å²) in [6.07, 6.45) is 3.06. The molecule has 3 nitrogen and oxygen atoms in total. The molecule has 1 aromatic rings. The monoisotopic (exact) mass is 249 g/mol. The number of ether oxygens (including phenoxy) is 1. The molecule has 0 N–H and O–H groups in total. The van der Waals surface area contributed by atoms with Gasteiger partial charge in [0, 0.05) is 13.1 Å². The van der Waals surface area contributed by atoms with Crippen LogP contribution in [0, 0.1) is 0 Å². The summed E-state index contributed by atoms with van der Waals surface area (Å²) in [4.78, 5) is 13.5. The molecule has 18 heavy (non-hydrogen) atoms. The molecule has 1 amide bonds. The fourth-order valence-electron chi connectivity index (χ4n) is 1.69. The lowest BCUT2D eigenvalue weighted by Crippen LogP contribution is -2.35. The normalized spacial score (nSPS) is 11.9. The molecule has 1 rings (SSSR count). The summed E-state index contributed by atoms with van der Waals surface area (Å²) in [5.74, 6) is 0. The Labute approximate surface area is 110 Å². The second-order valence-electron chi connectivity index (χ2n) is 4.64. The van der Waals surface area contributed by atoms with Crippen molar-refractivity contribution in [3.8, 4) is 0 Å². The maximum absolute atomic E-state index is 11.8. The standard InChI is InChI=1S/C15H23NO2/c1-4-5-9-13(2)16(3)15(17)18-12-14-10-7-6-8-11-14/h6-8,10-11,13H,4-5,9,12H2,1-3H3. The molecule has 0 aliphatic rings. The van der Waals surface area contributed by atoms with Gasteiger partial charge in [-0.2, -0.15) is 0 Å². The SMILES string of the molecule is CCCCC(C)N(C)C(=O)OCc1ccccc1. The number of unbranched alkanes of at least 4 members (excludes halogenated alkanes) is 1. The Bertz CT molecular complexity index is 351. The molecule has 0 bridgehead atoms. The quantitative estimate of drug-likeness (QED) is 0.766.